The van der Waals surface area contributed by atoms with Crippen LogP contribution in [0.15, 0.2) is 48.5 Å². The minimum atomic E-state index is -1.00. The number of urea groups is 1. The molecule has 0 saturated heterocycles. The summed E-state index contributed by atoms with van der Waals surface area (Å²) in [7, 11) is 0. The Kier molecular flexibility index (Phi) is 8.56. The number of amidine groups is 1. The molecule has 0 aliphatic heterocycles. The van der Waals surface area contributed by atoms with Gasteiger partial charge < -0.3 is 26.8 Å². The second-order valence-corrected chi connectivity index (χ2v) is 6.91. The number of rotatable bonds is 10. The van der Waals surface area contributed by atoms with Crippen molar-refractivity contribution in [1.82, 2.24) is 10.6 Å². The highest BCUT2D eigenvalue weighted by Gasteiger charge is 2.21. The predicted molar refractivity (Wildman–Crippen MR) is 118 cm³/mol. The van der Waals surface area contributed by atoms with Crippen molar-refractivity contribution in [1.29, 1.82) is 5.41 Å². The molecule has 2 rings (SSSR count). The first-order valence-corrected chi connectivity index (χ1v) is 9.87. The zero-order chi connectivity index (χ0) is 22.8. The Hall–Kier alpha value is -3.88. The molecule has 0 aromatic heterocycles. The molecule has 2 aromatic rings. The number of carboxylic acids is 1. The van der Waals surface area contributed by atoms with Crippen LogP contribution < -0.4 is 21.7 Å². The van der Waals surface area contributed by atoms with Crippen molar-refractivity contribution in [2.24, 2.45) is 5.73 Å². The lowest BCUT2D eigenvalue weighted by atomic mass is 9.96. The molecule has 0 radical (unpaired) electrons. The van der Waals surface area contributed by atoms with Crippen molar-refractivity contribution < 1.29 is 19.5 Å². The van der Waals surface area contributed by atoms with E-state index < -0.39 is 17.9 Å². The molecular weight excluding hydrogens is 398 g/mol. The summed E-state index contributed by atoms with van der Waals surface area (Å²) in [6, 6.07) is 13.5. The van der Waals surface area contributed by atoms with Crippen molar-refractivity contribution in [2.75, 3.05) is 18.4 Å². The third-order valence-electron chi connectivity index (χ3n) is 4.67. The maximum atomic E-state index is 12.6. The lowest BCUT2D eigenvalue weighted by molar-refractivity contribution is -0.136. The average Bonchev–Trinajstić information content (AvgIpc) is 2.74. The maximum Gasteiger partial charge on any atom is 0.319 e. The molecule has 164 valence electrons. The molecule has 0 aliphatic carbocycles. The van der Waals surface area contributed by atoms with Gasteiger partial charge in [-0.15, -0.1) is 0 Å². The lowest BCUT2D eigenvalue weighted by Crippen LogP contribution is -2.39. The van der Waals surface area contributed by atoms with Gasteiger partial charge in [-0.1, -0.05) is 31.2 Å². The van der Waals surface area contributed by atoms with E-state index in [1.54, 1.807) is 24.3 Å². The fraction of sp³-hybridized carbons (Fsp3) is 0.273. The summed E-state index contributed by atoms with van der Waals surface area (Å²) < 4.78 is 0. The third-order valence-corrected chi connectivity index (χ3v) is 4.67. The van der Waals surface area contributed by atoms with Crippen molar-refractivity contribution >= 4 is 29.4 Å². The molecule has 7 N–H and O–H groups in total. The summed E-state index contributed by atoms with van der Waals surface area (Å²) in [5.74, 6) is -2.11. The van der Waals surface area contributed by atoms with E-state index in [2.05, 4.69) is 16.0 Å². The number of aliphatic carboxylic acids is 1. The Bertz CT molecular complexity index is 926. The largest absolute Gasteiger partial charge is 0.481 e. The first kappa shape index (κ1) is 23.4. The predicted octanol–water partition coefficient (Wildman–Crippen LogP) is 2.03. The van der Waals surface area contributed by atoms with Crippen LogP contribution in [0.4, 0.5) is 10.5 Å². The number of benzene rings is 2. The van der Waals surface area contributed by atoms with Gasteiger partial charge in [-0.3, -0.25) is 15.0 Å². The number of aryl methyl sites for hydroxylation is 1. The van der Waals surface area contributed by atoms with Crippen LogP contribution in [0.2, 0.25) is 0 Å². The van der Waals surface area contributed by atoms with Gasteiger partial charge in [-0.2, -0.15) is 0 Å². The summed E-state index contributed by atoms with van der Waals surface area (Å²) in [5, 5.41) is 24.1. The molecule has 9 nitrogen and oxygen atoms in total. The van der Waals surface area contributed by atoms with Gasteiger partial charge in [-0.25, -0.2) is 4.79 Å². The zero-order valence-corrected chi connectivity index (χ0v) is 17.3. The van der Waals surface area contributed by atoms with Crippen LogP contribution in [0.5, 0.6) is 0 Å². The fourth-order valence-corrected chi connectivity index (χ4v) is 2.87. The van der Waals surface area contributed by atoms with Gasteiger partial charge in [0.25, 0.3) is 0 Å². The van der Waals surface area contributed by atoms with E-state index in [4.69, 9.17) is 16.2 Å². The quantitative estimate of drug-likeness (QED) is 0.254. The van der Waals surface area contributed by atoms with E-state index in [1.165, 1.54) is 0 Å². The molecule has 3 amide bonds. The summed E-state index contributed by atoms with van der Waals surface area (Å²) in [6.45, 7) is 2.06. The van der Waals surface area contributed by atoms with Gasteiger partial charge in [0.1, 0.15) is 5.84 Å². The number of anilines is 1. The number of nitrogen functional groups attached to an aromatic ring is 1. The highest BCUT2D eigenvalue weighted by molar-refractivity contribution is 5.96. The molecule has 2 aromatic carbocycles. The van der Waals surface area contributed by atoms with Crippen LogP contribution in [0.1, 0.15) is 36.0 Å². The number of carbonyl (C=O) groups is 3. The van der Waals surface area contributed by atoms with Crippen molar-refractivity contribution in [3.63, 3.8) is 0 Å². The average molecular weight is 425 g/mol. The van der Waals surface area contributed by atoms with Gasteiger partial charge in [-0.05, 0) is 41.8 Å². The van der Waals surface area contributed by atoms with Gasteiger partial charge in [0.2, 0.25) is 5.91 Å². The minimum absolute atomic E-state index is 0.00635. The number of nitrogens with one attached hydrogen (secondary N) is 4. The van der Waals surface area contributed by atoms with Gasteiger partial charge in [0.15, 0.2) is 0 Å². The summed E-state index contributed by atoms with van der Waals surface area (Å²) in [5.41, 5.74) is 8.30. The molecule has 0 fully saturated rings. The number of hydrogen-bond donors (Lipinski definition) is 6. The van der Waals surface area contributed by atoms with Gasteiger partial charge in [0, 0.05) is 24.3 Å². The van der Waals surface area contributed by atoms with Crippen molar-refractivity contribution in [2.45, 2.75) is 25.7 Å². The smallest absolute Gasteiger partial charge is 0.319 e. The Morgan fingerprint density at radius 1 is 1.03 bits per heavy atom. The fourth-order valence-electron chi connectivity index (χ4n) is 2.87. The SMILES string of the molecule is CCc1ccc(C(CNC(=O)Nc2ccc(C(=N)N)cc2)C(=O)NCCC(=O)O)cc1. The van der Waals surface area contributed by atoms with Crippen LogP contribution in [0, 0.1) is 5.41 Å². The summed E-state index contributed by atoms with van der Waals surface area (Å²) in [4.78, 5) is 35.6. The Labute approximate surface area is 180 Å². The molecule has 31 heavy (non-hydrogen) atoms. The number of hydrogen-bond acceptors (Lipinski definition) is 4. The molecule has 1 unspecified atom stereocenters. The number of carboxylic acid groups (broad SMARTS) is 1. The van der Waals surface area contributed by atoms with E-state index in [0.29, 0.717) is 11.3 Å². The normalized spacial score (nSPS) is 11.3. The van der Waals surface area contributed by atoms with Crippen LogP contribution in [0.25, 0.3) is 0 Å². The Morgan fingerprint density at radius 2 is 1.68 bits per heavy atom. The second-order valence-electron chi connectivity index (χ2n) is 6.91. The summed E-state index contributed by atoms with van der Waals surface area (Å²) in [6.07, 6.45) is 0.677. The Morgan fingerprint density at radius 3 is 2.23 bits per heavy atom. The first-order valence-electron chi connectivity index (χ1n) is 9.87. The van der Waals surface area contributed by atoms with Crippen LogP contribution in [-0.2, 0) is 16.0 Å². The lowest BCUT2D eigenvalue weighted by Gasteiger charge is -2.18. The van der Waals surface area contributed by atoms with E-state index in [-0.39, 0.29) is 31.3 Å². The molecule has 0 spiro atoms. The van der Waals surface area contributed by atoms with Crippen LogP contribution >= 0.6 is 0 Å². The van der Waals surface area contributed by atoms with E-state index in [0.717, 1.165) is 17.5 Å². The van der Waals surface area contributed by atoms with E-state index in [9.17, 15) is 14.4 Å². The molecule has 0 bridgehead atoms. The monoisotopic (exact) mass is 425 g/mol. The molecule has 0 heterocycles. The van der Waals surface area contributed by atoms with E-state index in [1.807, 2.05) is 31.2 Å². The minimum Gasteiger partial charge on any atom is -0.481 e. The highest BCUT2D eigenvalue weighted by Crippen LogP contribution is 2.17. The highest BCUT2D eigenvalue weighted by atomic mass is 16.4. The van der Waals surface area contributed by atoms with Crippen LogP contribution in [-0.4, -0.2) is 41.9 Å². The molecular formula is C22H27N5O4. The molecule has 0 saturated carbocycles. The van der Waals surface area contributed by atoms with Crippen molar-refractivity contribution in [3.05, 3.63) is 65.2 Å². The molecule has 9 heteroatoms. The summed E-state index contributed by atoms with van der Waals surface area (Å²) >= 11 is 0. The molecule has 1 atom stereocenters. The van der Waals surface area contributed by atoms with Gasteiger partial charge >= 0.3 is 12.0 Å². The number of nitrogens with two attached hydrogens (primary N) is 1. The van der Waals surface area contributed by atoms with Crippen molar-refractivity contribution in [3.8, 4) is 0 Å². The van der Waals surface area contributed by atoms with Gasteiger partial charge in [0.05, 0.1) is 12.3 Å². The Balaban J connectivity index is 2.03. The standard InChI is InChI=1S/C22H27N5O4/c1-2-14-3-5-15(6-4-14)18(21(30)25-12-11-19(28)29)13-26-22(31)27-17-9-7-16(8-10-17)20(23)24/h3-10,18H,2,11-13H2,1H3,(H3,23,24)(H,25,30)(H,28,29)(H2,26,27,31). The van der Waals surface area contributed by atoms with E-state index >= 15 is 0 Å². The zero-order valence-electron chi connectivity index (χ0n) is 17.3. The van der Waals surface area contributed by atoms with Crippen LogP contribution in [0.3, 0.4) is 0 Å². The maximum absolute atomic E-state index is 12.6. The third kappa shape index (κ3) is 7.46. The first-order chi connectivity index (χ1) is 14.8. The second kappa shape index (κ2) is 11.3. The topological polar surface area (TPSA) is 157 Å². The number of carbonyl (C=O) groups excluding carboxylic acids is 2. The number of amides is 3. The molecule has 0 aliphatic rings.